The van der Waals surface area contributed by atoms with Gasteiger partial charge in [0.1, 0.15) is 0 Å². The molecule has 2 heterocycles. The van der Waals surface area contributed by atoms with E-state index in [1.54, 1.807) is 23.8 Å². The number of nitrogens with zero attached hydrogens (tertiary/aromatic N) is 3. The van der Waals surface area contributed by atoms with E-state index < -0.39 is 9.73 Å². The van der Waals surface area contributed by atoms with Crippen molar-refractivity contribution in [2.45, 2.75) is 6.92 Å². The van der Waals surface area contributed by atoms with Gasteiger partial charge in [-0.25, -0.2) is 4.21 Å². The van der Waals surface area contributed by atoms with Crippen molar-refractivity contribution in [2.75, 3.05) is 12.5 Å². The second-order valence-electron chi connectivity index (χ2n) is 3.74. The molecule has 0 unspecified atom stereocenters. The number of aromatic amines is 1. The molecule has 16 heavy (non-hydrogen) atoms. The number of rotatable bonds is 2. The predicted molar refractivity (Wildman–Crippen MR) is 66.5 cm³/mol. The molecule has 0 bridgehead atoms. The van der Waals surface area contributed by atoms with E-state index in [0.29, 0.717) is 5.82 Å². The number of H-pyrrole nitrogens is 1. The Hall–Kier alpha value is -1.21. The van der Waals surface area contributed by atoms with Gasteiger partial charge >= 0.3 is 0 Å². The second kappa shape index (κ2) is 3.99. The zero-order valence-electron chi connectivity index (χ0n) is 9.22. The van der Waals surface area contributed by atoms with Gasteiger partial charge in [0.05, 0.1) is 4.88 Å². The third-order valence-corrected chi connectivity index (χ3v) is 3.40. The molecule has 0 aromatic carbocycles. The number of aromatic nitrogens is 3. The lowest BCUT2D eigenvalue weighted by atomic mass is 10.3. The summed E-state index contributed by atoms with van der Waals surface area (Å²) in [5, 5.41) is 8.74. The van der Waals surface area contributed by atoms with Gasteiger partial charge in [0.2, 0.25) is 0 Å². The van der Waals surface area contributed by atoms with Gasteiger partial charge in [0.25, 0.3) is 5.95 Å². The van der Waals surface area contributed by atoms with Gasteiger partial charge in [-0.05, 0) is 23.9 Å². The van der Waals surface area contributed by atoms with Gasteiger partial charge in [-0.2, -0.15) is 9.35 Å². The standard InChI is InChI=1S/C9H12N4OS2/c1-6-4-7(15-5-6)8-10-9(12-11-8)13-16(2,3)14/h4-5H,1-3H3,(H,10,11,12). The van der Waals surface area contributed by atoms with E-state index in [0.717, 1.165) is 4.88 Å². The number of hydrogen-bond donors (Lipinski definition) is 1. The molecule has 0 saturated carbocycles. The maximum atomic E-state index is 11.4. The molecule has 0 aliphatic heterocycles. The van der Waals surface area contributed by atoms with E-state index in [4.69, 9.17) is 0 Å². The fraction of sp³-hybridized carbons (Fsp3) is 0.333. The van der Waals surface area contributed by atoms with E-state index in [1.807, 2.05) is 18.4 Å². The monoisotopic (exact) mass is 256 g/mol. The SMILES string of the molecule is Cc1csc(-c2nc(N=S(C)(C)=O)n[nH]2)c1. The third kappa shape index (κ3) is 2.67. The number of thiophene rings is 1. The summed E-state index contributed by atoms with van der Waals surface area (Å²) in [4.78, 5) is 5.18. The van der Waals surface area contributed by atoms with Crippen molar-refractivity contribution in [1.82, 2.24) is 15.2 Å². The van der Waals surface area contributed by atoms with E-state index in [9.17, 15) is 4.21 Å². The quantitative estimate of drug-likeness (QED) is 0.895. The largest absolute Gasteiger partial charge is 0.276 e. The zero-order valence-corrected chi connectivity index (χ0v) is 10.9. The van der Waals surface area contributed by atoms with Crippen molar-refractivity contribution in [2.24, 2.45) is 4.36 Å². The van der Waals surface area contributed by atoms with Crippen molar-refractivity contribution in [3.05, 3.63) is 17.0 Å². The minimum atomic E-state index is -2.21. The Morgan fingerprint density at radius 3 is 2.81 bits per heavy atom. The first kappa shape index (κ1) is 11.3. The molecule has 0 aliphatic rings. The lowest BCUT2D eigenvalue weighted by molar-refractivity contribution is 0.684. The minimum Gasteiger partial charge on any atom is -0.256 e. The average Bonchev–Trinajstić information content (AvgIpc) is 2.71. The van der Waals surface area contributed by atoms with Crippen LogP contribution in [0.3, 0.4) is 0 Å². The minimum absolute atomic E-state index is 0.246. The van der Waals surface area contributed by atoms with Crippen molar-refractivity contribution in [3.63, 3.8) is 0 Å². The summed E-state index contributed by atoms with van der Waals surface area (Å²) in [7, 11) is -2.21. The Morgan fingerprint density at radius 1 is 1.50 bits per heavy atom. The molecule has 0 spiro atoms. The number of hydrogen-bond acceptors (Lipinski definition) is 5. The Morgan fingerprint density at radius 2 is 2.25 bits per heavy atom. The van der Waals surface area contributed by atoms with Crippen molar-refractivity contribution >= 4 is 27.0 Å². The highest BCUT2D eigenvalue weighted by atomic mass is 32.2. The summed E-state index contributed by atoms with van der Waals surface area (Å²) in [6.45, 7) is 2.02. The summed E-state index contributed by atoms with van der Waals surface area (Å²) in [6.07, 6.45) is 3.11. The second-order valence-corrected chi connectivity index (χ2v) is 7.20. The Balaban J connectivity index is 2.37. The van der Waals surface area contributed by atoms with E-state index >= 15 is 0 Å². The molecule has 86 valence electrons. The molecule has 0 saturated heterocycles. The van der Waals surface area contributed by atoms with Crippen LogP contribution < -0.4 is 0 Å². The Bertz CT molecular complexity index is 611. The van der Waals surface area contributed by atoms with Crippen LogP contribution in [-0.4, -0.2) is 31.9 Å². The van der Waals surface area contributed by atoms with Crippen LogP contribution >= 0.6 is 11.3 Å². The van der Waals surface area contributed by atoms with Gasteiger partial charge in [-0.15, -0.1) is 16.4 Å². The van der Waals surface area contributed by atoms with Crippen LogP contribution in [0.1, 0.15) is 5.56 Å². The summed E-state index contributed by atoms with van der Waals surface area (Å²) in [5.41, 5.74) is 1.18. The van der Waals surface area contributed by atoms with Gasteiger partial charge < -0.3 is 0 Å². The van der Waals surface area contributed by atoms with Crippen molar-refractivity contribution in [1.29, 1.82) is 0 Å². The molecular weight excluding hydrogens is 244 g/mol. The smallest absolute Gasteiger partial charge is 0.256 e. The molecule has 0 atom stereocenters. The van der Waals surface area contributed by atoms with E-state index in [2.05, 4.69) is 19.5 Å². The van der Waals surface area contributed by atoms with Gasteiger partial charge in [-0.3, -0.25) is 5.10 Å². The fourth-order valence-corrected chi connectivity index (χ4v) is 2.47. The first-order valence-corrected chi connectivity index (χ1v) is 7.80. The topological polar surface area (TPSA) is 71.0 Å². The molecule has 0 fully saturated rings. The highest BCUT2D eigenvalue weighted by Crippen LogP contribution is 2.24. The Labute approximate surface area is 98.1 Å². The average molecular weight is 256 g/mol. The third-order valence-electron chi connectivity index (χ3n) is 1.74. The predicted octanol–water partition coefficient (Wildman–Crippen LogP) is 2.20. The number of aryl methyl sites for hydroxylation is 1. The van der Waals surface area contributed by atoms with Gasteiger partial charge in [0, 0.05) is 22.2 Å². The van der Waals surface area contributed by atoms with Crippen LogP contribution in [0.15, 0.2) is 15.8 Å². The lowest BCUT2D eigenvalue weighted by Crippen LogP contribution is -1.89. The maximum Gasteiger partial charge on any atom is 0.276 e. The van der Waals surface area contributed by atoms with Crippen LogP contribution in [0.4, 0.5) is 5.95 Å². The van der Waals surface area contributed by atoms with Crippen LogP contribution in [-0.2, 0) is 9.73 Å². The molecular formula is C9H12N4OS2. The molecule has 7 heteroatoms. The zero-order chi connectivity index (χ0) is 11.8. The van der Waals surface area contributed by atoms with Crippen LogP contribution in [0, 0.1) is 6.92 Å². The highest BCUT2D eigenvalue weighted by Gasteiger charge is 2.07. The molecule has 0 amide bonds. The molecule has 1 N–H and O–H groups in total. The van der Waals surface area contributed by atoms with E-state index in [1.165, 1.54) is 5.56 Å². The summed E-state index contributed by atoms with van der Waals surface area (Å²) < 4.78 is 15.4. The Kier molecular flexibility index (Phi) is 2.81. The molecule has 0 radical (unpaired) electrons. The van der Waals surface area contributed by atoms with Gasteiger partial charge in [0.15, 0.2) is 5.82 Å². The van der Waals surface area contributed by atoms with Crippen molar-refractivity contribution < 1.29 is 4.21 Å². The normalized spacial score (nSPS) is 11.7. The molecule has 0 aliphatic carbocycles. The van der Waals surface area contributed by atoms with Crippen LogP contribution in [0.2, 0.25) is 0 Å². The first-order valence-electron chi connectivity index (χ1n) is 4.59. The van der Waals surface area contributed by atoms with Crippen LogP contribution in [0.5, 0.6) is 0 Å². The summed E-state index contributed by atoms with van der Waals surface area (Å²) in [5.74, 6) is 0.913. The summed E-state index contributed by atoms with van der Waals surface area (Å²) >= 11 is 1.59. The summed E-state index contributed by atoms with van der Waals surface area (Å²) in [6, 6.07) is 2.02. The molecule has 2 rings (SSSR count). The van der Waals surface area contributed by atoms with Crippen LogP contribution in [0.25, 0.3) is 10.7 Å². The van der Waals surface area contributed by atoms with Gasteiger partial charge in [-0.1, -0.05) is 0 Å². The maximum absolute atomic E-state index is 11.4. The van der Waals surface area contributed by atoms with Crippen molar-refractivity contribution in [3.8, 4) is 10.7 Å². The molecule has 2 aromatic heterocycles. The number of nitrogens with one attached hydrogen (secondary N) is 1. The van der Waals surface area contributed by atoms with E-state index in [-0.39, 0.29) is 5.95 Å². The fourth-order valence-electron chi connectivity index (χ4n) is 1.16. The lowest BCUT2D eigenvalue weighted by Gasteiger charge is -1.88. The molecule has 5 nitrogen and oxygen atoms in total. The highest BCUT2D eigenvalue weighted by molar-refractivity contribution is 7.92. The molecule has 2 aromatic rings. The first-order chi connectivity index (χ1) is 7.44.